The molecule has 0 radical (unpaired) electrons. The Morgan fingerprint density at radius 3 is 1.18 bits per heavy atom. The predicted octanol–water partition coefficient (Wildman–Crippen LogP) is 6.98. The molecule has 0 saturated heterocycles. The highest BCUT2D eigenvalue weighted by atomic mass is 16.6. The van der Waals surface area contributed by atoms with Gasteiger partial charge in [-0.25, -0.2) is 9.59 Å². The summed E-state index contributed by atoms with van der Waals surface area (Å²) in [5.74, 6) is -1.03. The molecule has 0 saturated carbocycles. The number of hydrogen-bond donors (Lipinski definition) is 6. The van der Waals surface area contributed by atoms with Crippen LogP contribution in [0.2, 0.25) is 0 Å². The van der Waals surface area contributed by atoms with Crippen LogP contribution >= 0.6 is 0 Å². The molecule has 0 aromatic carbocycles. The third kappa shape index (κ3) is 41.7. The maximum absolute atomic E-state index is 12.0. The summed E-state index contributed by atoms with van der Waals surface area (Å²) in [6, 6.07) is 0. The van der Waals surface area contributed by atoms with Crippen molar-refractivity contribution in [1.29, 1.82) is 0 Å². The zero-order valence-electron chi connectivity index (χ0n) is 41.0. The normalized spacial score (nSPS) is 11.4. The second-order valence-corrected chi connectivity index (χ2v) is 16.5. The fourth-order valence-electron chi connectivity index (χ4n) is 6.50. The van der Waals surface area contributed by atoms with Crippen molar-refractivity contribution in [3.63, 3.8) is 0 Å². The quantitative estimate of drug-likeness (QED) is 0.0205. The lowest BCUT2D eigenvalue weighted by molar-refractivity contribution is -0.153. The van der Waals surface area contributed by atoms with E-state index in [1.54, 1.807) is 0 Å². The van der Waals surface area contributed by atoms with Crippen LogP contribution in [0.15, 0.2) is 0 Å². The maximum Gasteiger partial charge on any atom is 0.407 e. The van der Waals surface area contributed by atoms with Gasteiger partial charge >= 0.3 is 36.1 Å². The molecule has 2 amide bonds. The third-order valence-corrected chi connectivity index (χ3v) is 10.3. The van der Waals surface area contributed by atoms with E-state index in [0.29, 0.717) is 84.5 Å². The first-order valence-corrected chi connectivity index (χ1v) is 24.9. The van der Waals surface area contributed by atoms with E-state index in [1.165, 1.54) is 0 Å². The number of aliphatic hydroxyl groups excluding tert-OH is 4. The molecule has 0 heterocycles. The molecule has 66 heavy (non-hydrogen) atoms. The second-order valence-electron chi connectivity index (χ2n) is 16.5. The molecule has 0 aliphatic heterocycles. The third-order valence-electron chi connectivity index (χ3n) is 10.3. The van der Waals surface area contributed by atoms with Gasteiger partial charge in [-0.2, -0.15) is 0 Å². The molecule has 18 nitrogen and oxygen atoms in total. The molecule has 1 unspecified atom stereocenters. The Hall–Kier alpha value is -3.74. The van der Waals surface area contributed by atoms with Gasteiger partial charge in [-0.1, -0.05) is 91.9 Å². The number of unbranched alkanes of at least 4 members (excludes halogenated alkanes) is 10. The van der Waals surface area contributed by atoms with Crippen molar-refractivity contribution in [3.05, 3.63) is 0 Å². The minimum atomic E-state index is -1.02. The van der Waals surface area contributed by atoms with E-state index < -0.39 is 37.0 Å². The zero-order chi connectivity index (χ0) is 49.5. The molecule has 6 N–H and O–H groups in total. The molecule has 1 atom stereocenters. The van der Waals surface area contributed by atoms with Crippen LogP contribution in [0.1, 0.15) is 182 Å². The van der Waals surface area contributed by atoms with Crippen LogP contribution in [-0.4, -0.2) is 135 Å². The van der Waals surface area contributed by atoms with Crippen LogP contribution in [-0.2, 0) is 47.6 Å². The number of carbonyl (C=O) groups is 6. The van der Waals surface area contributed by atoms with Crippen LogP contribution in [0.4, 0.5) is 9.59 Å². The lowest BCUT2D eigenvalue weighted by atomic mass is 9.99. The van der Waals surface area contributed by atoms with Crippen molar-refractivity contribution in [2.24, 2.45) is 11.8 Å². The number of esters is 4. The average Bonchev–Trinajstić information content (AvgIpc) is 3.31. The van der Waals surface area contributed by atoms with Gasteiger partial charge in [0.2, 0.25) is 0 Å². The SMILES string of the molecule is CCCC(CCC)C(=O)OCCCCOC(=O)NCCCCCCCC(=O)OC(CO)CO.CCCC(CCC)C(=O)OCCCCOC(=O)NCCCCCCCC(=O)OCC(O)CO. The van der Waals surface area contributed by atoms with Crippen molar-refractivity contribution < 1.29 is 77.6 Å². The molecule has 0 aromatic heterocycles. The van der Waals surface area contributed by atoms with Gasteiger partial charge in [0.05, 0.1) is 58.1 Å². The molecule has 0 aliphatic carbocycles. The Labute approximate surface area is 395 Å². The van der Waals surface area contributed by atoms with Gasteiger partial charge in [0.25, 0.3) is 0 Å². The van der Waals surface area contributed by atoms with Gasteiger partial charge < -0.3 is 59.5 Å². The standard InChI is InChI=1S/2C24H45NO8/c1-3-12-20(13-4-2)23(29)31-16-10-11-17-32-24(30)25-15-9-7-5-6-8-14-22(28)33-19-21(27)18-26;1-3-12-20(13-4-2)23(29)31-16-10-11-17-32-24(30)25-15-9-7-5-6-8-14-22(28)33-21(18-26)19-27/h2*20-21,26-27H,3-19H2,1-2H3,(H,25,30). The van der Waals surface area contributed by atoms with Gasteiger partial charge in [-0.3, -0.25) is 19.2 Å². The molecule has 18 heteroatoms. The fraction of sp³-hybridized carbons (Fsp3) is 0.875. The Morgan fingerprint density at radius 1 is 0.439 bits per heavy atom. The van der Waals surface area contributed by atoms with Crippen LogP contribution in [0, 0.1) is 11.8 Å². The number of aliphatic hydroxyl groups is 4. The highest BCUT2D eigenvalue weighted by Gasteiger charge is 2.19. The van der Waals surface area contributed by atoms with Gasteiger partial charge in [-0.15, -0.1) is 0 Å². The van der Waals surface area contributed by atoms with Crippen LogP contribution in [0.25, 0.3) is 0 Å². The number of ether oxygens (including phenoxy) is 6. The van der Waals surface area contributed by atoms with Crippen LogP contribution < -0.4 is 10.6 Å². The molecule has 0 fully saturated rings. The summed E-state index contributed by atoms with van der Waals surface area (Å²) in [5.41, 5.74) is 0. The van der Waals surface area contributed by atoms with Gasteiger partial charge in [0, 0.05) is 25.9 Å². The Bertz CT molecular complexity index is 1190. The molecule has 388 valence electrons. The highest BCUT2D eigenvalue weighted by molar-refractivity contribution is 5.73. The minimum Gasteiger partial charge on any atom is -0.465 e. The summed E-state index contributed by atoms with van der Waals surface area (Å²) in [6.07, 6.45) is 16.3. The van der Waals surface area contributed by atoms with E-state index >= 15 is 0 Å². The van der Waals surface area contributed by atoms with Crippen molar-refractivity contribution >= 4 is 36.1 Å². The summed E-state index contributed by atoms with van der Waals surface area (Å²) in [4.78, 5) is 70.3. The predicted molar refractivity (Wildman–Crippen MR) is 249 cm³/mol. The molecular weight excluding hydrogens is 861 g/mol. The van der Waals surface area contributed by atoms with Gasteiger partial charge in [-0.05, 0) is 77.0 Å². The highest BCUT2D eigenvalue weighted by Crippen LogP contribution is 2.17. The summed E-state index contributed by atoms with van der Waals surface area (Å²) in [5, 5.41) is 40.9. The molecular formula is C48H90N2O16. The first-order valence-electron chi connectivity index (χ1n) is 24.9. The lowest BCUT2D eigenvalue weighted by Gasteiger charge is -2.14. The number of alkyl carbamates (subject to hydrolysis) is 2. The Kier molecular flexibility index (Phi) is 46.5. The van der Waals surface area contributed by atoms with Crippen LogP contribution in [0.3, 0.4) is 0 Å². The first kappa shape index (κ1) is 64.3. The van der Waals surface area contributed by atoms with Gasteiger partial charge in [0.1, 0.15) is 18.8 Å². The molecule has 0 bridgehead atoms. The first-order chi connectivity index (χ1) is 31.9. The van der Waals surface area contributed by atoms with Crippen molar-refractivity contribution in [2.75, 3.05) is 65.9 Å². The van der Waals surface area contributed by atoms with E-state index in [1.807, 2.05) is 0 Å². The molecule has 0 spiro atoms. The molecule has 0 aromatic rings. The summed E-state index contributed by atoms with van der Waals surface area (Å²) in [6.45, 7) is 9.26. The minimum absolute atomic E-state index is 0.00378. The van der Waals surface area contributed by atoms with Gasteiger partial charge in [0.15, 0.2) is 0 Å². The summed E-state index contributed by atoms with van der Waals surface area (Å²) >= 11 is 0. The number of carbonyl (C=O) groups excluding carboxylic acids is 6. The van der Waals surface area contributed by atoms with E-state index in [9.17, 15) is 28.8 Å². The average molecular weight is 951 g/mol. The van der Waals surface area contributed by atoms with E-state index in [0.717, 1.165) is 103 Å². The Balaban J connectivity index is 0. The zero-order valence-corrected chi connectivity index (χ0v) is 41.0. The van der Waals surface area contributed by atoms with Crippen molar-refractivity contribution in [3.8, 4) is 0 Å². The van der Waals surface area contributed by atoms with E-state index in [2.05, 4.69) is 38.3 Å². The topological polar surface area (TPSA) is 263 Å². The Morgan fingerprint density at radius 2 is 0.803 bits per heavy atom. The monoisotopic (exact) mass is 951 g/mol. The molecule has 0 aliphatic rings. The number of amides is 2. The van der Waals surface area contributed by atoms with Crippen molar-refractivity contribution in [2.45, 2.75) is 194 Å². The summed E-state index contributed by atoms with van der Waals surface area (Å²) < 4.78 is 30.6. The maximum atomic E-state index is 12.0. The van der Waals surface area contributed by atoms with Crippen molar-refractivity contribution in [1.82, 2.24) is 10.6 Å². The van der Waals surface area contributed by atoms with Crippen LogP contribution in [0.5, 0.6) is 0 Å². The summed E-state index contributed by atoms with van der Waals surface area (Å²) in [7, 11) is 0. The second kappa shape index (κ2) is 47.7. The lowest BCUT2D eigenvalue weighted by Crippen LogP contribution is -2.25. The number of rotatable bonds is 42. The van der Waals surface area contributed by atoms with E-state index in [4.69, 9.17) is 48.8 Å². The van der Waals surface area contributed by atoms with E-state index in [-0.39, 0.29) is 56.0 Å². The largest absolute Gasteiger partial charge is 0.465 e. The smallest absolute Gasteiger partial charge is 0.407 e. The number of nitrogens with one attached hydrogen (secondary N) is 2. The number of hydrogen-bond acceptors (Lipinski definition) is 16. The molecule has 0 rings (SSSR count). The fourth-order valence-corrected chi connectivity index (χ4v) is 6.50.